The molecule has 0 saturated carbocycles. The van der Waals surface area contributed by atoms with E-state index in [9.17, 15) is 14.9 Å². The number of para-hydroxylation sites is 1. The fraction of sp³-hybridized carbons (Fsp3) is 0.0526. The summed E-state index contributed by atoms with van der Waals surface area (Å²) in [5.41, 5.74) is 0.481. The topological polar surface area (TPSA) is 98.3 Å². The highest BCUT2D eigenvalue weighted by atomic mass is 35.5. The first kappa shape index (κ1) is 18.1. The van der Waals surface area contributed by atoms with Crippen molar-refractivity contribution < 1.29 is 14.1 Å². The lowest BCUT2D eigenvalue weighted by atomic mass is 10.1. The predicted molar refractivity (Wildman–Crippen MR) is 107 cm³/mol. The van der Waals surface area contributed by atoms with Crippen LogP contribution in [-0.4, -0.2) is 15.8 Å². The number of hydrogen-bond acceptors (Lipinski definition) is 6. The van der Waals surface area contributed by atoms with E-state index in [0.29, 0.717) is 11.5 Å². The largest absolute Gasteiger partial charge is 0.457 e. The van der Waals surface area contributed by atoms with Crippen molar-refractivity contribution in [3.05, 3.63) is 81.1 Å². The third kappa shape index (κ3) is 3.60. The molecular weight excluding hydrogens is 402 g/mol. The quantitative estimate of drug-likeness (QED) is 0.364. The van der Waals surface area contributed by atoms with E-state index in [-0.39, 0.29) is 22.8 Å². The molecule has 0 spiro atoms. The average Bonchev–Trinajstić information content (AvgIpc) is 3.32. The summed E-state index contributed by atoms with van der Waals surface area (Å²) >= 11 is 7.37. The zero-order valence-corrected chi connectivity index (χ0v) is 15.8. The van der Waals surface area contributed by atoms with Crippen LogP contribution in [0, 0.1) is 10.1 Å². The van der Waals surface area contributed by atoms with Gasteiger partial charge < -0.3 is 9.73 Å². The maximum absolute atomic E-state index is 12.4. The number of nitrogens with zero attached hydrogens (tertiary/aromatic N) is 2. The summed E-state index contributed by atoms with van der Waals surface area (Å²) in [6.45, 7) is 0.0768. The van der Waals surface area contributed by atoms with Gasteiger partial charge in [-0.2, -0.15) is 0 Å². The molecule has 0 atom stereocenters. The molecular formula is C19H12ClN3O4S. The monoisotopic (exact) mass is 413 g/mol. The summed E-state index contributed by atoms with van der Waals surface area (Å²) < 4.78 is 6.81. The number of rotatable bonds is 5. The summed E-state index contributed by atoms with van der Waals surface area (Å²) in [7, 11) is 0. The number of aromatic nitrogens is 1. The number of nitro benzene ring substituents is 1. The number of carbonyl (C=O) groups is 1. The highest BCUT2D eigenvalue weighted by Gasteiger charge is 2.20. The molecule has 7 nitrogen and oxygen atoms in total. The molecule has 0 saturated heterocycles. The Labute approximate surface area is 167 Å². The van der Waals surface area contributed by atoms with Gasteiger partial charge in [-0.3, -0.25) is 14.9 Å². The van der Waals surface area contributed by atoms with Crippen molar-refractivity contribution in [2.24, 2.45) is 0 Å². The lowest BCUT2D eigenvalue weighted by Crippen LogP contribution is -2.23. The normalized spacial score (nSPS) is 10.9. The van der Waals surface area contributed by atoms with E-state index in [1.165, 1.54) is 29.5 Å². The minimum atomic E-state index is -0.622. The van der Waals surface area contributed by atoms with Gasteiger partial charge in [0.25, 0.3) is 11.6 Å². The molecule has 0 aliphatic carbocycles. The predicted octanol–water partition coefficient (Wildman–Crippen LogP) is 5.05. The lowest BCUT2D eigenvalue weighted by molar-refractivity contribution is -0.385. The van der Waals surface area contributed by atoms with Crippen molar-refractivity contribution >= 4 is 44.7 Å². The molecule has 1 amide bonds. The van der Waals surface area contributed by atoms with E-state index >= 15 is 0 Å². The highest BCUT2D eigenvalue weighted by Crippen LogP contribution is 2.31. The molecule has 0 aliphatic heterocycles. The molecule has 2 aromatic carbocycles. The van der Waals surface area contributed by atoms with Crippen LogP contribution in [0.15, 0.2) is 59.0 Å². The molecule has 0 fully saturated rings. The summed E-state index contributed by atoms with van der Waals surface area (Å²) in [6, 6.07) is 15.1. The average molecular weight is 414 g/mol. The summed E-state index contributed by atoms with van der Waals surface area (Å²) in [4.78, 5) is 27.4. The SMILES string of the molecule is O=C(NCc1ccc(-c2nc3ccccc3s2)o1)c1cc(Cl)ccc1[N+](=O)[O-]. The van der Waals surface area contributed by atoms with Crippen LogP contribution in [0.25, 0.3) is 21.0 Å². The van der Waals surface area contributed by atoms with Crippen LogP contribution < -0.4 is 5.32 Å². The lowest BCUT2D eigenvalue weighted by Gasteiger charge is -2.05. The Balaban J connectivity index is 1.50. The fourth-order valence-electron chi connectivity index (χ4n) is 2.68. The van der Waals surface area contributed by atoms with E-state index in [4.69, 9.17) is 16.0 Å². The Morgan fingerprint density at radius 2 is 2.04 bits per heavy atom. The number of furan rings is 1. The molecule has 140 valence electrons. The van der Waals surface area contributed by atoms with Gasteiger partial charge >= 0.3 is 0 Å². The van der Waals surface area contributed by atoms with Crippen molar-refractivity contribution in [1.29, 1.82) is 0 Å². The van der Waals surface area contributed by atoms with Gasteiger partial charge in [-0.15, -0.1) is 11.3 Å². The van der Waals surface area contributed by atoms with Gasteiger partial charge in [-0.25, -0.2) is 4.98 Å². The highest BCUT2D eigenvalue weighted by molar-refractivity contribution is 7.21. The summed E-state index contributed by atoms with van der Waals surface area (Å²) in [5, 5.41) is 14.7. The van der Waals surface area contributed by atoms with Gasteiger partial charge in [-0.1, -0.05) is 23.7 Å². The molecule has 0 aliphatic rings. The third-order valence-electron chi connectivity index (χ3n) is 3.99. The van der Waals surface area contributed by atoms with E-state index in [2.05, 4.69) is 10.3 Å². The fourth-order valence-corrected chi connectivity index (χ4v) is 3.78. The summed E-state index contributed by atoms with van der Waals surface area (Å²) in [6.07, 6.45) is 0. The van der Waals surface area contributed by atoms with Crippen LogP contribution in [0.2, 0.25) is 5.02 Å². The Kier molecular flexibility index (Phi) is 4.81. The zero-order valence-electron chi connectivity index (χ0n) is 14.2. The van der Waals surface area contributed by atoms with Gasteiger partial charge in [0, 0.05) is 11.1 Å². The Morgan fingerprint density at radius 1 is 1.21 bits per heavy atom. The van der Waals surface area contributed by atoms with Crippen LogP contribution >= 0.6 is 22.9 Å². The van der Waals surface area contributed by atoms with Crippen molar-refractivity contribution in [2.45, 2.75) is 6.54 Å². The molecule has 2 aromatic heterocycles. The maximum Gasteiger partial charge on any atom is 0.282 e. The number of halogens is 1. The minimum Gasteiger partial charge on any atom is -0.457 e. The van der Waals surface area contributed by atoms with Crippen molar-refractivity contribution in [2.75, 3.05) is 0 Å². The zero-order chi connectivity index (χ0) is 19.7. The van der Waals surface area contributed by atoms with Crippen LogP contribution in [0.1, 0.15) is 16.1 Å². The van der Waals surface area contributed by atoms with E-state index in [1.54, 1.807) is 12.1 Å². The van der Waals surface area contributed by atoms with E-state index < -0.39 is 10.8 Å². The molecule has 4 rings (SSSR count). The number of thiazole rings is 1. The molecule has 1 N–H and O–H groups in total. The Morgan fingerprint density at radius 3 is 2.82 bits per heavy atom. The molecule has 4 aromatic rings. The second-order valence-corrected chi connectivity index (χ2v) is 7.32. The Bertz CT molecular complexity index is 1170. The van der Waals surface area contributed by atoms with Crippen LogP contribution in [0.4, 0.5) is 5.69 Å². The van der Waals surface area contributed by atoms with Gasteiger partial charge in [0.05, 0.1) is 21.7 Å². The number of carbonyl (C=O) groups excluding carboxylic acids is 1. The molecule has 0 radical (unpaired) electrons. The molecule has 9 heteroatoms. The van der Waals surface area contributed by atoms with Gasteiger partial charge in [0.15, 0.2) is 10.8 Å². The first-order valence-electron chi connectivity index (χ1n) is 8.18. The standard InChI is InChI=1S/C19H12ClN3O4S/c20-11-5-7-15(23(25)26)13(9-11)18(24)21-10-12-6-8-16(27-12)19-22-14-3-1-2-4-17(14)28-19/h1-9H,10H2,(H,21,24). The smallest absolute Gasteiger partial charge is 0.282 e. The number of amides is 1. The maximum atomic E-state index is 12.4. The minimum absolute atomic E-state index is 0.0768. The first-order valence-corrected chi connectivity index (χ1v) is 9.37. The molecule has 0 unspecified atom stereocenters. The van der Waals surface area contributed by atoms with Gasteiger partial charge in [0.2, 0.25) is 0 Å². The van der Waals surface area contributed by atoms with Crippen molar-refractivity contribution in [1.82, 2.24) is 10.3 Å². The molecule has 28 heavy (non-hydrogen) atoms. The first-order chi connectivity index (χ1) is 13.5. The number of fused-ring (bicyclic) bond motifs is 1. The second kappa shape index (κ2) is 7.41. The van der Waals surface area contributed by atoms with E-state index in [1.807, 2.05) is 24.3 Å². The number of benzene rings is 2. The molecule has 0 bridgehead atoms. The van der Waals surface area contributed by atoms with Crippen LogP contribution in [0.3, 0.4) is 0 Å². The number of hydrogen-bond donors (Lipinski definition) is 1. The Hall–Kier alpha value is -3.23. The summed E-state index contributed by atoms with van der Waals surface area (Å²) in [5.74, 6) is 0.499. The van der Waals surface area contributed by atoms with Gasteiger partial charge in [-0.05, 0) is 36.4 Å². The molecule has 2 heterocycles. The third-order valence-corrected chi connectivity index (χ3v) is 5.28. The van der Waals surface area contributed by atoms with Crippen LogP contribution in [-0.2, 0) is 6.54 Å². The van der Waals surface area contributed by atoms with Crippen LogP contribution in [0.5, 0.6) is 0 Å². The second-order valence-electron chi connectivity index (χ2n) is 5.85. The van der Waals surface area contributed by atoms with E-state index in [0.717, 1.165) is 15.2 Å². The number of nitrogens with one attached hydrogen (secondary N) is 1. The van der Waals surface area contributed by atoms with Crippen molar-refractivity contribution in [3.63, 3.8) is 0 Å². The number of nitro groups is 1. The van der Waals surface area contributed by atoms with Gasteiger partial charge in [0.1, 0.15) is 11.3 Å². The van der Waals surface area contributed by atoms with Crippen molar-refractivity contribution in [3.8, 4) is 10.8 Å².